The summed E-state index contributed by atoms with van der Waals surface area (Å²) in [5, 5.41) is 3.48. The molecule has 0 bridgehead atoms. The van der Waals surface area contributed by atoms with E-state index in [9.17, 15) is 4.39 Å². The van der Waals surface area contributed by atoms with Crippen molar-refractivity contribution in [1.29, 1.82) is 0 Å². The van der Waals surface area contributed by atoms with Crippen molar-refractivity contribution < 1.29 is 9.13 Å². The van der Waals surface area contributed by atoms with E-state index in [-0.39, 0.29) is 11.9 Å². The van der Waals surface area contributed by atoms with Crippen molar-refractivity contribution in [2.45, 2.75) is 18.9 Å². The first-order valence-corrected chi connectivity index (χ1v) is 7.35. The molecule has 0 fully saturated rings. The summed E-state index contributed by atoms with van der Waals surface area (Å²) in [6, 6.07) is 11.0. The first kappa shape index (κ1) is 13.4. The number of hydrogen-bond acceptors (Lipinski definition) is 2. The van der Waals surface area contributed by atoms with Gasteiger partial charge in [-0.1, -0.05) is 12.1 Å². The molecule has 0 amide bonds. The number of halogens is 2. The fraction of sp³-hybridized carbons (Fsp3) is 0.250. The summed E-state index contributed by atoms with van der Waals surface area (Å²) in [6.07, 6.45) is 1.90. The van der Waals surface area contributed by atoms with Crippen LogP contribution in [0.15, 0.2) is 40.9 Å². The number of benzene rings is 2. The molecule has 1 unspecified atom stereocenters. The van der Waals surface area contributed by atoms with Crippen molar-refractivity contribution in [3.8, 4) is 5.75 Å². The monoisotopic (exact) mass is 335 g/mol. The topological polar surface area (TPSA) is 21.3 Å². The molecule has 0 aromatic heterocycles. The molecule has 0 saturated carbocycles. The second kappa shape index (κ2) is 5.44. The number of fused-ring (bicyclic) bond motifs is 1. The first-order valence-electron chi connectivity index (χ1n) is 6.56. The number of rotatable bonds is 2. The van der Waals surface area contributed by atoms with Gasteiger partial charge in [0.2, 0.25) is 0 Å². The summed E-state index contributed by atoms with van der Waals surface area (Å²) in [7, 11) is 1.66. The van der Waals surface area contributed by atoms with Crippen LogP contribution in [0.25, 0.3) is 0 Å². The fourth-order valence-electron chi connectivity index (χ4n) is 2.63. The van der Waals surface area contributed by atoms with Crippen LogP contribution in [0.1, 0.15) is 23.6 Å². The van der Waals surface area contributed by atoms with Gasteiger partial charge in [-0.3, -0.25) is 0 Å². The molecule has 4 heteroatoms. The van der Waals surface area contributed by atoms with Gasteiger partial charge in [-0.2, -0.15) is 0 Å². The van der Waals surface area contributed by atoms with E-state index in [4.69, 9.17) is 4.74 Å². The molecule has 2 aromatic rings. The lowest BCUT2D eigenvalue weighted by Crippen LogP contribution is -2.18. The molecule has 20 heavy (non-hydrogen) atoms. The summed E-state index contributed by atoms with van der Waals surface area (Å²) in [6.45, 7) is 0. The summed E-state index contributed by atoms with van der Waals surface area (Å²) in [5.41, 5.74) is 3.30. The van der Waals surface area contributed by atoms with Crippen LogP contribution < -0.4 is 10.1 Å². The maximum Gasteiger partial charge on any atom is 0.133 e. The van der Waals surface area contributed by atoms with Gasteiger partial charge in [-0.05, 0) is 64.2 Å². The number of aryl methyl sites for hydroxylation is 1. The van der Waals surface area contributed by atoms with Gasteiger partial charge in [0, 0.05) is 5.69 Å². The molecule has 1 heterocycles. The second-order valence-electron chi connectivity index (χ2n) is 4.93. The lowest BCUT2D eigenvalue weighted by molar-refractivity contribution is 0.411. The fourth-order valence-corrected chi connectivity index (χ4v) is 3.13. The van der Waals surface area contributed by atoms with E-state index in [0.29, 0.717) is 0 Å². The Morgan fingerprint density at radius 3 is 2.90 bits per heavy atom. The molecule has 0 aliphatic carbocycles. The molecule has 0 saturated heterocycles. The number of hydrogen-bond donors (Lipinski definition) is 1. The van der Waals surface area contributed by atoms with Crippen molar-refractivity contribution in [3.63, 3.8) is 0 Å². The zero-order chi connectivity index (χ0) is 14.1. The SMILES string of the molecule is COc1cc2c(cc1Br)NC(c1cccc(F)c1)CC2. The maximum absolute atomic E-state index is 13.3. The van der Waals surface area contributed by atoms with E-state index in [1.54, 1.807) is 19.2 Å². The van der Waals surface area contributed by atoms with E-state index < -0.39 is 0 Å². The zero-order valence-electron chi connectivity index (χ0n) is 11.1. The van der Waals surface area contributed by atoms with Crippen LogP contribution >= 0.6 is 15.9 Å². The molecule has 0 radical (unpaired) electrons. The maximum atomic E-state index is 13.3. The normalized spacial score (nSPS) is 17.2. The Kier molecular flexibility index (Phi) is 3.66. The van der Waals surface area contributed by atoms with Gasteiger partial charge in [-0.25, -0.2) is 4.39 Å². The Morgan fingerprint density at radius 1 is 1.30 bits per heavy atom. The number of methoxy groups -OCH3 is 1. The third-order valence-electron chi connectivity index (χ3n) is 3.66. The smallest absolute Gasteiger partial charge is 0.133 e. The van der Waals surface area contributed by atoms with Crippen LogP contribution in [0, 0.1) is 5.82 Å². The van der Waals surface area contributed by atoms with E-state index in [2.05, 4.69) is 21.2 Å². The van der Waals surface area contributed by atoms with E-state index in [1.165, 1.54) is 11.6 Å². The molecular formula is C16H15BrFNO. The second-order valence-corrected chi connectivity index (χ2v) is 5.79. The predicted molar refractivity (Wildman–Crippen MR) is 81.8 cm³/mol. The van der Waals surface area contributed by atoms with Gasteiger partial charge in [0.25, 0.3) is 0 Å². The van der Waals surface area contributed by atoms with Gasteiger partial charge in [0.1, 0.15) is 11.6 Å². The number of anilines is 1. The van der Waals surface area contributed by atoms with Crippen molar-refractivity contribution >= 4 is 21.6 Å². The Labute approximate surface area is 126 Å². The van der Waals surface area contributed by atoms with E-state index >= 15 is 0 Å². The lowest BCUT2D eigenvalue weighted by atomic mass is 9.93. The minimum absolute atomic E-state index is 0.151. The molecule has 2 nitrogen and oxygen atoms in total. The Bertz CT molecular complexity index is 644. The molecule has 1 aliphatic heterocycles. The van der Waals surface area contributed by atoms with E-state index in [0.717, 1.165) is 34.3 Å². The third kappa shape index (κ3) is 2.52. The van der Waals surface area contributed by atoms with Gasteiger partial charge in [-0.15, -0.1) is 0 Å². The van der Waals surface area contributed by atoms with Gasteiger partial charge in [0.15, 0.2) is 0 Å². The van der Waals surface area contributed by atoms with Crippen molar-refractivity contribution in [1.82, 2.24) is 0 Å². The molecule has 104 valence electrons. The predicted octanol–water partition coefficient (Wildman–Crippen LogP) is 4.70. The van der Waals surface area contributed by atoms with Crippen LogP contribution in [0.5, 0.6) is 5.75 Å². The third-order valence-corrected chi connectivity index (χ3v) is 4.28. The largest absolute Gasteiger partial charge is 0.496 e. The number of ether oxygens (including phenoxy) is 1. The minimum Gasteiger partial charge on any atom is -0.496 e. The molecule has 0 spiro atoms. The Morgan fingerprint density at radius 2 is 2.15 bits per heavy atom. The first-order chi connectivity index (χ1) is 9.67. The highest BCUT2D eigenvalue weighted by molar-refractivity contribution is 9.10. The highest BCUT2D eigenvalue weighted by atomic mass is 79.9. The summed E-state index contributed by atoms with van der Waals surface area (Å²) >= 11 is 3.50. The number of nitrogens with one attached hydrogen (secondary N) is 1. The average molecular weight is 336 g/mol. The summed E-state index contributed by atoms with van der Waals surface area (Å²) in [5.74, 6) is 0.653. The van der Waals surface area contributed by atoms with Gasteiger partial charge >= 0.3 is 0 Å². The highest BCUT2D eigenvalue weighted by Crippen LogP contribution is 2.38. The van der Waals surface area contributed by atoms with Crippen molar-refractivity contribution in [3.05, 3.63) is 57.8 Å². The average Bonchev–Trinajstić information content (AvgIpc) is 2.46. The lowest BCUT2D eigenvalue weighted by Gasteiger charge is -2.28. The molecule has 1 aliphatic rings. The Balaban J connectivity index is 1.90. The van der Waals surface area contributed by atoms with Crippen LogP contribution in [0.3, 0.4) is 0 Å². The van der Waals surface area contributed by atoms with Crippen LogP contribution in [0.2, 0.25) is 0 Å². The molecule has 1 N–H and O–H groups in total. The molecule has 3 rings (SSSR count). The molecule has 2 aromatic carbocycles. The quantitative estimate of drug-likeness (QED) is 0.859. The van der Waals surface area contributed by atoms with Crippen LogP contribution in [-0.2, 0) is 6.42 Å². The van der Waals surface area contributed by atoms with Crippen molar-refractivity contribution in [2.75, 3.05) is 12.4 Å². The zero-order valence-corrected chi connectivity index (χ0v) is 12.7. The van der Waals surface area contributed by atoms with E-state index in [1.807, 2.05) is 18.2 Å². The molecule has 1 atom stereocenters. The van der Waals surface area contributed by atoms with Crippen molar-refractivity contribution in [2.24, 2.45) is 0 Å². The van der Waals surface area contributed by atoms with Crippen LogP contribution in [-0.4, -0.2) is 7.11 Å². The van der Waals surface area contributed by atoms with Gasteiger partial charge < -0.3 is 10.1 Å². The minimum atomic E-state index is -0.189. The van der Waals surface area contributed by atoms with Crippen LogP contribution in [0.4, 0.5) is 10.1 Å². The Hall–Kier alpha value is -1.55. The van der Waals surface area contributed by atoms with Gasteiger partial charge in [0.05, 0.1) is 17.6 Å². The highest BCUT2D eigenvalue weighted by Gasteiger charge is 2.21. The standard InChI is InChI=1S/C16H15BrFNO/c1-20-16-8-11-5-6-14(19-15(11)9-13(16)17)10-3-2-4-12(18)7-10/h2-4,7-9,14,19H,5-6H2,1H3. The summed E-state index contributed by atoms with van der Waals surface area (Å²) in [4.78, 5) is 0. The molecular weight excluding hydrogens is 321 g/mol. The summed E-state index contributed by atoms with van der Waals surface area (Å²) < 4.78 is 19.6.